The number of methoxy groups -OCH3 is 2. The van der Waals surface area contributed by atoms with Gasteiger partial charge in [-0.2, -0.15) is 5.10 Å². The van der Waals surface area contributed by atoms with Gasteiger partial charge < -0.3 is 14.4 Å². The number of nitrogens with zero attached hydrogens (tertiary/aromatic N) is 4. The lowest BCUT2D eigenvalue weighted by atomic mass is 10.1. The van der Waals surface area contributed by atoms with E-state index in [-0.39, 0.29) is 0 Å². The van der Waals surface area contributed by atoms with Gasteiger partial charge >= 0.3 is 0 Å². The molecule has 26 heavy (non-hydrogen) atoms. The number of ether oxygens (including phenoxy) is 2. The molecule has 0 bridgehead atoms. The van der Waals surface area contributed by atoms with Crippen molar-refractivity contribution in [3.63, 3.8) is 0 Å². The number of benzene rings is 1. The first kappa shape index (κ1) is 18.2. The molecular formula is C20H26N4O2. The minimum absolute atomic E-state index is 0.694. The molecule has 0 saturated carbocycles. The number of aryl methyl sites for hydroxylation is 2. The lowest BCUT2D eigenvalue weighted by Gasteiger charge is -2.11. The van der Waals surface area contributed by atoms with Gasteiger partial charge in [-0.1, -0.05) is 0 Å². The first-order valence-electron chi connectivity index (χ1n) is 8.76. The first-order chi connectivity index (χ1) is 12.5. The highest BCUT2D eigenvalue weighted by molar-refractivity contribution is 5.65. The molecule has 1 aromatic carbocycles. The van der Waals surface area contributed by atoms with Gasteiger partial charge in [-0.15, -0.1) is 0 Å². The number of fused-ring (bicyclic) bond motifs is 1. The summed E-state index contributed by atoms with van der Waals surface area (Å²) in [7, 11) is 7.46. The van der Waals surface area contributed by atoms with Crippen molar-refractivity contribution in [1.82, 2.24) is 19.5 Å². The van der Waals surface area contributed by atoms with Crippen molar-refractivity contribution >= 4 is 5.65 Å². The number of rotatable bonds is 7. The third-order valence-corrected chi connectivity index (χ3v) is 4.47. The molecule has 0 aliphatic rings. The Bertz CT molecular complexity index is 902. The minimum atomic E-state index is 0.694. The van der Waals surface area contributed by atoms with Crippen molar-refractivity contribution in [2.75, 3.05) is 34.9 Å². The van der Waals surface area contributed by atoms with E-state index in [1.807, 2.05) is 34.8 Å². The summed E-state index contributed by atoms with van der Waals surface area (Å²) in [5.74, 6) is 1.40. The van der Waals surface area contributed by atoms with E-state index in [0.717, 1.165) is 42.0 Å². The third kappa shape index (κ3) is 3.65. The van der Waals surface area contributed by atoms with Crippen LogP contribution in [-0.2, 0) is 6.42 Å². The summed E-state index contributed by atoms with van der Waals surface area (Å²) in [6.45, 7) is 3.10. The van der Waals surface area contributed by atoms with Crippen LogP contribution in [0, 0.1) is 6.92 Å². The van der Waals surface area contributed by atoms with E-state index < -0.39 is 0 Å². The fourth-order valence-electron chi connectivity index (χ4n) is 3.09. The molecule has 2 aromatic heterocycles. The summed E-state index contributed by atoms with van der Waals surface area (Å²) in [6, 6.07) is 9.85. The Kier molecular flexibility index (Phi) is 5.42. The molecule has 0 amide bonds. The van der Waals surface area contributed by atoms with Crippen molar-refractivity contribution in [1.29, 1.82) is 0 Å². The zero-order valence-corrected chi connectivity index (χ0v) is 16.1. The van der Waals surface area contributed by atoms with Crippen LogP contribution in [-0.4, -0.2) is 54.4 Å². The van der Waals surface area contributed by atoms with Crippen LogP contribution in [0.3, 0.4) is 0 Å². The molecule has 6 nitrogen and oxygen atoms in total. The van der Waals surface area contributed by atoms with Gasteiger partial charge in [0.1, 0.15) is 0 Å². The third-order valence-electron chi connectivity index (χ3n) is 4.47. The van der Waals surface area contributed by atoms with Gasteiger partial charge in [0.25, 0.3) is 0 Å². The van der Waals surface area contributed by atoms with Crippen LogP contribution in [0.2, 0.25) is 0 Å². The zero-order valence-electron chi connectivity index (χ0n) is 16.1. The lowest BCUT2D eigenvalue weighted by Crippen LogP contribution is -2.14. The van der Waals surface area contributed by atoms with E-state index in [9.17, 15) is 0 Å². The second-order valence-electron chi connectivity index (χ2n) is 6.61. The maximum atomic E-state index is 5.41. The number of imidazole rings is 1. The van der Waals surface area contributed by atoms with E-state index in [4.69, 9.17) is 14.6 Å². The van der Waals surface area contributed by atoms with Crippen LogP contribution < -0.4 is 9.47 Å². The summed E-state index contributed by atoms with van der Waals surface area (Å²) >= 11 is 0. The van der Waals surface area contributed by atoms with E-state index in [1.54, 1.807) is 14.2 Å². The van der Waals surface area contributed by atoms with Crippen LogP contribution >= 0.6 is 0 Å². The second kappa shape index (κ2) is 7.74. The predicted molar refractivity (Wildman–Crippen MR) is 103 cm³/mol. The molecule has 0 fully saturated rings. The number of hydrogen-bond acceptors (Lipinski definition) is 5. The second-order valence-corrected chi connectivity index (χ2v) is 6.61. The van der Waals surface area contributed by atoms with E-state index in [2.05, 4.69) is 30.9 Å². The largest absolute Gasteiger partial charge is 0.493 e. The Balaban J connectivity index is 1.98. The Morgan fingerprint density at radius 2 is 1.81 bits per heavy atom. The topological polar surface area (TPSA) is 51.9 Å². The highest BCUT2D eigenvalue weighted by Crippen LogP contribution is 2.31. The predicted octanol–water partition coefficient (Wildman–Crippen LogP) is 3.22. The van der Waals surface area contributed by atoms with Crippen LogP contribution in [0.25, 0.3) is 16.9 Å². The van der Waals surface area contributed by atoms with Crippen LogP contribution in [0.4, 0.5) is 0 Å². The molecule has 2 heterocycles. The molecule has 6 heteroatoms. The van der Waals surface area contributed by atoms with Crippen LogP contribution in [0.1, 0.15) is 17.8 Å². The minimum Gasteiger partial charge on any atom is -0.493 e. The summed E-state index contributed by atoms with van der Waals surface area (Å²) in [6.07, 6.45) is 2.03. The van der Waals surface area contributed by atoms with Crippen LogP contribution in [0.15, 0.2) is 30.3 Å². The monoisotopic (exact) mass is 354 g/mol. The molecule has 0 unspecified atom stereocenters. The molecule has 0 aliphatic heterocycles. The molecule has 0 saturated heterocycles. The van der Waals surface area contributed by atoms with Crippen molar-refractivity contribution in [3.05, 3.63) is 41.7 Å². The average molecular weight is 354 g/mol. The molecule has 3 aromatic rings. The van der Waals surface area contributed by atoms with Crippen molar-refractivity contribution in [2.45, 2.75) is 19.8 Å². The maximum Gasteiger partial charge on any atom is 0.161 e. The van der Waals surface area contributed by atoms with Crippen LogP contribution in [0.5, 0.6) is 11.5 Å². The first-order valence-corrected chi connectivity index (χ1v) is 8.76. The number of hydrogen-bond donors (Lipinski definition) is 0. The van der Waals surface area contributed by atoms with Gasteiger partial charge in [0, 0.05) is 5.56 Å². The van der Waals surface area contributed by atoms with Gasteiger partial charge in [-0.05, 0) is 70.7 Å². The fraction of sp³-hybridized carbons (Fsp3) is 0.400. The fourth-order valence-corrected chi connectivity index (χ4v) is 3.09. The Labute approximate surface area is 154 Å². The van der Waals surface area contributed by atoms with E-state index in [0.29, 0.717) is 11.5 Å². The van der Waals surface area contributed by atoms with Gasteiger partial charge in [0.2, 0.25) is 0 Å². The SMILES string of the molecule is COc1ccc(-c2ccc3nc(C)c(CCCN(C)C)n3n2)cc1OC. The summed E-state index contributed by atoms with van der Waals surface area (Å²) in [4.78, 5) is 6.84. The summed E-state index contributed by atoms with van der Waals surface area (Å²) in [5, 5.41) is 4.84. The Morgan fingerprint density at radius 1 is 1.04 bits per heavy atom. The van der Waals surface area contributed by atoms with Gasteiger partial charge in [0.05, 0.1) is 31.3 Å². The van der Waals surface area contributed by atoms with E-state index in [1.165, 1.54) is 5.69 Å². The Hall–Kier alpha value is -2.60. The standard InChI is InChI=1S/C20H26N4O2/c1-14-17(7-6-12-23(2)3)24-20(21-14)11-9-16(22-24)15-8-10-18(25-4)19(13-15)26-5/h8-11,13H,6-7,12H2,1-5H3. The molecule has 0 atom stereocenters. The summed E-state index contributed by atoms with van der Waals surface area (Å²) < 4.78 is 12.7. The lowest BCUT2D eigenvalue weighted by molar-refractivity contribution is 0.355. The molecule has 138 valence electrons. The number of aromatic nitrogens is 3. The average Bonchev–Trinajstić information content (AvgIpc) is 2.95. The normalized spacial score (nSPS) is 11.3. The van der Waals surface area contributed by atoms with Crippen molar-refractivity contribution in [2.24, 2.45) is 0 Å². The quantitative estimate of drug-likeness (QED) is 0.652. The molecule has 0 N–H and O–H groups in total. The molecule has 0 spiro atoms. The zero-order chi connectivity index (χ0) is 18.7. The smallest absolute Gasteiger partial charge is 0.161 e. The van der Waals surface area contributed by atoms with E-state index >= 15 is 0 Å². The van der Waals surface area contributed by atoms with Gasteiger partial charge in [-0.3, -0.25) is 0 Å². The molecular weight excluding hydrogens is 328 g/mol. The molecule has 0 radical (unpaired) electrons. The van der Waals surface area contributed by atoms with Crippen molar-refractivity contribution < 1.29 is 9.47 Å². The maximum absolute atomic E-state index is 5.41. The summed E-state index contributed by atoms with van der Waals surface area (Å²) in [5.41, 5.74) is 4.95. The highest BCUT2D eigenvalue weighted by atomic mass is 16.5. The highest BCUT2D eigenvalue weighted by Gasteiger charge is 2.13. The molecule has 3 rings (SSSR count). The van der Waals surface area contributed by atoms with Gasteiger partial charge in [0.15, 0.2) is 17.1 Å². The van der Waals surface area contributed by atoms with Crippen molar-refractivity contribution in [3.8, 4) is 22.8 Å². The van der Waals surface area contributed by atoms with Gasteiger partial charge in [-0.25, -0.2) is 9.50 Å². The Morgan fingerprint density at radius 3 is 2.50 bits per heavy atom. The molecule has 0 aliphatic carbocycles.